The molecule has 1 heterocycles. The number of hydroxylamine groups is 2. The first-order valence-electron chi connectivity index (χ1n) is 12.6. The van der Waals surface area contributed by atoms with Crippen molar-refractivity contribution in [3.05, 3.63) is 107 Å². The maximum absolute atomic E-state index is 12.6. The molecule has 1 amide bonds. The molecule has 0 radical (unpaired) electrons. The van der Waals surface area contributed by atoms with E-state index in [9.17, 15) is 4.79 Å². The number of aromatic nitrogens is 2. The summed E-state index contributed by atoms with van der Waals surface area (Å²) in [5, 5.41) is 9.94. The number of carbonyl (C=O) groups is 1. The SMILES string of the molecule is CC=C(C(=O)N(C)C)N(CC)Oc1ccc(/C(=C(/CC)c2ccccc2)c2ccc3[nH]ncc3c2)cc1. The van der Waals surface area contributed by atoms with Crippen LogP contribution < -0.4 is 4.84 Å². The number of hydrogen-bond acceptors (Lipinski definition) is 4. The maximum Gasteiger partial charge on any atom is 0.272 e. The number of benzene rings is 3. The van der Waals surface area contributed by atoms with Crippen molar-refractivity contribution in [3.8, 4) is 5.75 Å². The summed E-state index contributed by atoms with van der Waals surface area (Å²) in [7, 11) is 3.47. The number of nitrogens with zero attached hydrogens (tertiary/aromatic N) is 3. The summed E-state index contributed by atoms with van der Waals surface area (Å²) in [4.78, 5) is 20.3. The fourth-order valence-electron chi connectivity index (χ4n) is 4.47. The normalized spacial score (nSPS) is 12.3. The van der Waals surface area contributed by atoms with Gasteiger partial charge in [-0.15, -0.1) is 0 Å². The third-order valence-electron chi connectivity index (χ3n) is 6.32. The van der Waals surface area contributed by atoms with Crippen molar-refractivity contribution in [2.24, 2.45) is 0 Å². The molecule has 6 heteroatoms. The molecule has 1 aromatic heterocycles. The molecule has 0 saturated carbocycles. The average molecular weight is 495 g/mol. The van der Waals surface area contributed by atoms with Crippen LogP contribution >= 0.6 is 0 Å². The second-order valence-corrected chi connectivity index (χ2v) is 8.93. The van der Waals surface area contributed by atoms with E-state index in [1.807, 2.05) is 38.2 Å². The van der Waals surface area contributed by atoms with Gasteiger partial charge in [-0.1, -0.05) is 61.5 Å². The molecule has 0 fully saturated rings. The number of aromatic amines is 1. The second-order valence-electron chi connectivity index (χ2n) is 8.93. The van der Waals surface area contributed by atoms with Crippen molar-refractivity contribution in [1.29, 1.82) is 0 Å². The van der Waals surface area contributed by atoms with Crippen LogP contribution in [0.25, 0.3) is 22.0 Å². The number of amides is 1. The number of H-pyrrole nitrogens is 1. The van der Waals surface area contributed by atoms with Gasteiger partial charge >= 0.3 is 0 Å². The summed E-state index contributed by atoms with van der Waals surface area (Å²) in [6, 6.07) is 25.0. The summed E-state index contributed by atoms with van der Waals surface area (Å²) in [6.07, 6.45) is 4.51. The number of nitrogens with one attached hydrogen (secondary N) is 1. The molecular formula is C31H34N4O2. The van der Waals surface area contributed by atoms with Crippen molar-refractivity contribution >= 4 is 28.0 Å². The van der Waals surface area contributed by atoms with Gasteiger partial charge in [0, 0.05) is 19.5 Å². The number of hydrogen-bond donors (Lipinski definition) is 1. The molecule has 0 spiro atoms. The van der Waals surface area contributed by atoms with Crippen molar-refractivity contribution in [2.45, 2.75) is 27.2 Å². The van der Waals surface area contributed by atoms with Gasteiger partial charge in [0.25, 0.3) is 5.91 Å². The summed E-state index contributed by atoms with van der Waals surface area (Å²) < 4.78 is 0. The predicted octanol–water partition coefficient (Wildman–Crippen LogP) is 6.54. The lowest BCUT2D eigenvalue weighted by atomic mass is 9.88. The van der Waals surface area contributed by atoms with Crippen LogP contribution in [0.5, 0.6) is 5.75 Å². The summed E-state index contributed by atoms with van der Waals surface area (Å²) in [6.45, 7) is 6.53. The zero-order valence-electron chi connectivity index (χ0n) is 22.2. The minimum absolute atomic E-state index is 0.101. The molecule has 4 aromatic rings. The molecule has 6 nitrogen and oxygen atoms in total. The molecule has 190 valence electrons. The van der Waals surface area contributed by atoms with Crippen LogP contribution in [-0.4, -0.2) is 46.7 Å². The Labute approximate surface area is 218 Å². The molecule has 0 aliphatic carbocycles. The van der Waals surface area contributed by atoms with Crippen LogP contribution in [0.3, 0.4) is 0 Å². The minimum atomic E-state index is -0.101. The second kappa shape index (κ2) is 11.6. The highest BCUT2D eigenvalue weighted by molar-refractivity contribution is 6.00. The van der Waals surface area contributed by atoms with E-state index < -0.39 is 0 Å². The fraction of sp³-hybridized carbons (Fsp3) is 0.226. The number of rotatable bonds is 9. The fourth-order valence-corrected chi connectivity index (χ4v) is 4.47. The lowest BCUT2D eigenvalue weighted by Crippen LogP contribution is -2.36. The highest BCUT2D eigenvalue weighted by atomic mass is 16.7. The van der Waals surface area contributed by atoms with E-state index in [1.54, 1.807) is 30.1 Å². The number of carbonyl (C=O) groups excluding carboxylic acids is 1. The van der Waals surface area contributed by atoms with E-state index in [0.717, 1.165) is 28.5 Å². The standard InChI is InChI=1S/C31H34N4O2/c1-6-27(22-12-10-9-11-13-22)30(24-16-19-28-25(20-24)21-32-33-28)23-14-17-26(18-15-23)37-35(8-3)29(7-2)31(36)34(4)5/h7,9-21H,6,8H2,1-5H3,(H,32,33)/b29-7?,30-27+. The summed E-state index contributed by atoms with van der Waals surface area (Å²) >= 11 is 0. The van der Waals surface area contributed by atoms with Gasteiger partial charge in [0.1, 0.15) is 5.70 Å². The van der Waals surface area contributed by atoms with Crippen molar-refractivity contribution in [2.75, 3.05) is 20.6 Å². The smallest absolute Gasteiger partial charge is 0.272 e. The van der Waals surface area contributed by atoms with Crippen LogP contribution in [0.1, 0.15) is 43.9 Å². The molecule has 0 saturated heterocycles. The lowest BCUT2D eigenvalue weighted by molar-refractivity contribution is -0.131. The Morgan fingerprint density at radius 3 is 2.27 bits per heavy atom. The van der Waals surface area contributed by atoms with E-state index in [-0.39, 0.29) is 5.91 Å². The summed E-state index contributed by atoms with van der Waals surface area (Å²) in [5.74, 6) is 0.565. The average Bonchev–Trinajstić information content (AvgIpc) is 3.40. The molecule has 0 bridgehead atoms. The Balaban J connectivity index is 1.75. The van der Waals surface area contributed by atoms with E-state index in [1.165, 1.54) is 16.7 Å². The Morgan fingerprint density at radius 1 is 0.946 bits per heavy atom. The zero-order valence-corrected chi connectivity index (χ0v) is 22.2. The Kier molecular flexibility index (Phi) is 8.08. The number of allylic oxidation sites excluding steroid dienone is 2. The predicted molar refractivity (Wildman–Crippen MR) is 151 cm³/mol. The van der Waals surface area contributed by atoms with Gasteiger partial charge in [0.05, 0.1) is 18.3 Å². The molecule has 3 aromatic carbocycles. The van der Waals surface area contributed by atoms with Gasteiger partial charge in [-0.3, -0.25) is 9.89 Å². The molecule has 37 heavy (non-hydrogen) atoms. The number of fused-ring (bicyclic) bond motifs is 1. The van der Waals surface area contributed by atoms with Gasteiger partial charge in [-0.05, 0) is 72.4 Å². The molecular weight excluding hydrogens is 460 g/mol. The van der Waals surface area contributed by atoms with E-state index in [0.29, 0.717) is 18.0 Å². The first-order valence-corrected chi connectivity index (χ1v) is 12.6. The molecule has 0 unspecified atom stereocenters. The van der Waals surface area contributed by atoms with Gasteiger partial charge in [0.15, 0.2) is 5.75 Å². The zero-order chi connectivity index (χ0) is 26.4. The van der Waals surface area contributed by atoms with E-state index in [2.05, 4.69) is 71.7 Å². The maximum atomic E-state index is 12.6. The van der Waals surface area contributed by atoms with Gasteiger partial charge in [0.2, 0.25) is 0 Å². The highest BCUT2D eigenvalue weighted by Gasteiger charge is 2.20. The Bertz CT molecular complexity index is 1420. The van der Waals surface area contributed by atoms with Crippen LogP contribution in [0.4, 0.5) is 0 Å². The van der Waals surface area contributed by atoms with Gasteiger partial charge in [-0.25, -0.2) is 5.06 Å². The van der Waals surface area contributed by atoms with Crippen molar-refractivity contribution in [3.63, 3.8) is 0 Å². The van der Waals surface area contributed by atoms with Gasteiger partial charge in [-0.2, -0.15) is 5.10 Å². The third-order valence-corrected chi connectivity index (χ3v) is 6.32. The lowest BCUT2D eigenvalue weighted by Gasteiger charge is -2.26. The van der Waals surface area contributed by atoms with E-state index >= 15 is 0 Å². The quantitative estimate of drug-likeness (QED) is 0.163. The monoisotopic (exact) mass is 494 g/mol. The Morgan fingerprint density at radius 2 is 1.65 bits per heavy atom. The van der Waals surface area contributed by atoms with E-state index in [4.69, 9.17) is 4.84 Å². The first-order chi connectivity index (χ1) is 18.0. The third kappa shape index (κ3) is 5.59. The number of likely N-dealkylation sites (N-methyl/N-ethyl adjacent to an activating group) is 2. The molecule has 4 rings (SSSR count). The topological polar surface area (TPSA) is 61.5 Å². The molecule has 0 aliphatic heterocycles. The van der Waals surface area contributed by atoms with Crippen molar-refractivity contribution in [1.82, 2.24) is 20.2 Å². The first kappa shape index (κ1) is 25.8. The largest absolute Gasteiger partial charge is 0.379 e. The van der Waals surface area contributed by atoms with Crippen LogP contribution in [-0.2, 0) is 4.79 Å². The molecule has 1 N–H and O–H groups in total. The van der Waals surface area contributed by atoms with Gasteiger partial charge < -0.3 is 9.74 Å². The Hall–Kier alpha value is -4.32. The molecule has 0 aliphatic rings. The van der Waals surface area contributed by atoms with Crippen LogP contribution in [0.2, 0.25) is 0 Å². The van der Waals surface area contributed by atoms with Crippen LogP contribution in [0.15, 0.2) is 90.8 Å². The summed E-state index contributed by atoms with van der Waals surface area (Å²) in [5.41, 5.74) is 7.37. The van der Waals surface area contributed by atoms with Crippen LogP contribution in [0, 0.1) is 0 Å². The van der Waals surface area contributed by atoms with Crippen molar-refractivity contribution < 1.29 is 9.63 Å². The molecule has 0 atom stereocenters. The highest BCUT2D eigenvalue weighted by Crippen LogP contribution is 2.36. The minimum Gasteiger partial charge on any atom is -0.379 e.